The molecule has 0 aliphatic carbocycles. The fourth-order valence-corrected chi connectivity index (χ4v) is 0.661. The van der Waals surface area contributed by atoms with Crippen molar-refractivity contribution >= 4 is 6.01 Å². The predicted octanol–water partition coefficient (Wildman–Crippen LogP) is 0.307. The molecule has 0 bridgehead atoms. The highest BCUT2D eigenvalue weighted by Gasteiger charge is 2.07. The fraction of sp³-hybridized carbons (Fsp3) is 0. The maximum absolute atomic E-state index is 5.19. The minimum absolute atomic E-state index is 0.0167. The van der Waals surface area contributed by atoms with E-state index in [4.69, 9.17) is 10.2 Å². The van der Waals surface area contributed by atoms with Gasteiger partial charge in [0.25, 0.3) is 5.89 Å². The van der Waals surface area contributed by atoms with Gasteiger partial charge in [0.15, 0.2) is 5.69 Å². The van der Waals surface area contributed by atoms with Crippen molar-refractivity contribution < 1.29 is 8.94 Å². The highest BCUT2D eigenvalue weighted by atomic mass is 16.5. The second-order valence-corrected chi connectivity index (χ2v) is 1.83. The molecule has 0 aliphatic rings. The summed E-state index contributed by atoms with van der Waals surface area (Å²) >= 11 is 0. The average molecular weight is 152 g/mol. The molecule has 2 rings (SSSR count). The summed E-state index contributed by atoms with van der Waals surface area (Å²) in [6.07, 6.45) is 1.41. The van der Waals surface area contributed by atoms with Crippen LogP contribution in [0.25, 0.3) is 11.6 Å². The van der Waals surface area contributed by atoms with Crippen LogP contribution in [0.5, 0.6) is 0 Å². The first kappa shape index (κ1) is 5.90. The van der Waals surface area contributed by atoms with Gasteiger partial charge in [-0.25, -0.2) is 0 Å². The molecule has 0 fully saturated rings. The van der Waals surface area contributed by atoms with E-state index in [2.05, 4.69) is 19.9 Å². The molecular formula is C5H4N4O2. The van der Waals surface area contributed by atoms with Crippen molar-refractivity contribution in [3.63, 3.8) is 0 Å². The van der Waals surface area contributed by atoms with Crippen molar-refractivity contribution in [3.8, 4) is 11.6 Å². The van der Waals surface area contributed by atoms with Crippen LogP contribution in [-0.2, 0) is 0 Å². The molecular weight excluding hydrogens is 148 g/mol. The van der Waals surface area contributed by atoms with Gasteiger partial charge in [0.2, 0.25) is 0 Å². The Morgan fingerprint density at radius 1 is 1.36 bits per heavy atom. The van der Waals surface area contributed by atoms with Gasteiger partial charge in [-0.05, 0) is 0 Å². The molecule has 0 atom stereocenters. The number of hydrogen-bond acceptors (Lipinski definition) is 6. The van der Waals surface area contributed by atoms with E-state index in [1.54, 1.807) is 6.07 Å². The largest absolute Gasteiger partial charge is 0.402 e. The van der Waals surface area contributed by atoms with Gasteiger partial charge in [-0.1, -0.05) is 10.3 Å². The molecule has 56 valence electrons. The average Bonchev–Trinajstić information content (AvgIpc) is 2.55. The van der Waals surface area contributed by atoms with E-state index in [-0.39, 0.29) is 11.9 Å². The van der Waals surface area contributed by atoms with Crippen LogP contribution in [0, 0.1) is 0 Å². The number of rotatable bonds is 1. The third-order valence-corrected chi connectivity index (χ3v) is 1.10. The number of nitrogen functional groups attached to an aromatic ring is 1. The van der Waals surface area contributed by atoms with Crippen molar-refractivity contribution in [1.29, 1.82) is 0 Å². The number of anilines is 1. The van der Waals surface area contributed by atoms with E-state index in [1.807, 2.05) is 0 Å². The minimum Gasteiger partial charge on any atom is -0.402 e. The van der Waals surface area contributed by atoms with Crippen LogP contribution < -0.4 is 5.73 Å². The SMILES string of the molecule is Nc1nnc(-c2ccon2)o1. The van der Waals surface area contributed by atoms with Gasteiger partial charge >= 0.3 is 6.01 Å². The molecule has 2 aromatic heterocycles. The number of hydrogen-bond donors (Lipinski definition) is 1. The first-order valence-corrected chi connectivity index (χ1v) is 2.86. The maximum Gasteiger partial charge on any atom is 0.313 e. The first-order valence-electron chi connectivity index (χ1n) is 2.86. The lowest BCUT2D eigenvalue weighted by molar-refractivity contribution is 0.419. The van der Waals surface area contributed by atoms with Crippen LogP contribution in [0.3, 0.4) is 0 Å². The van der Waals surface area contributed by atoms with Crippen LogP contribution >= 0.6 is 0 Å². The molecule has 0 aromatic carbocycles. The van der Waals surface area contributed by atoms with E-state index >= 15 is 0 Å². The van der Waals surface area contributed by atoms with E-state index in [0.29, 0.717) is 5.69 Å². The number of nitrogens with two attached hydrogens (primary N) is 1. The van der Waals surface area contributed by atoms with Crippen molar-refractivity contribution in [2.75, 3.05) is 5.73 Å². The van der Waals surface area contributed by atoms with E-state index in [0.717, 1.165) is 0 Å². The quantitative estimate of drug-likeness (QED) is 0.632. The summed E-state index contributed by atoms with van der Waals surface area (Å²) in [6, 6.07) is 1.62. The van der Waals surface area contributed by atoms with E-state index in [1.165, 1.54) is 6.26 Å². The Kier molecular flexibility index (Phi) is 1.12. The molecule has 0 aliphatic heterocycles. The zero-order valence-corrected chi connectivity index (χ0v) is 5.39. The van der Waals surface area contributed by atoms with Gasteiger partial charge < -0.3 is 14.7 Å². The molecule has 2 N–H and O–H groups in total. The Bertz CT molecular complexity index is 339. The van der Waals surface area contributed by atoms with Crippen molar-refractivity contribution in [1.82, 2.24) is 15.4 Å². The minimum atomic E-state index is 0.0167. The van der Waals surface area contributed by atoms with Gasteiger partial charge in [-0.15, -0.1) is 5.10 Å². The summed E-state index contributed by atoms with van der Waals surface area (Å²) in [7, 11) is 0. The van der Waals surface area contributed by atoms with Gasteiger partial charge in [0.1, 0.15) is 6.26 Å². The van der Waals surface area contributed by atoms with Crippen molar-refractivity contribution in [2.45, 2.75) is 0 Å². The summed E-state index contributed by atoms with van der Waals surface area (Å²) in [5, 5.41) is 10.6. The van der Waals surface area contributed by atoms with Gasteiger partial charge in [0.05, 0.1) is 0 Å². The lowest BCUT2D eigenvalue weighted by atomic mass is 10.4. The van der Waals surface area contributed by atoms with E-state index < -0.39 is 0 Å². The van der Waals surface area contributed by atoms with Crippen LogP contribution in [0.4, 0.5) is 6.01 Å². The van der Waals surface area contributed by atoms with Gasteiger partial charge in [-0.2, -0.15) is 0 Å². The molecule has 0 amide bonds. The summed E-state index contributed by atoms with van der Waals surface area (Å²) < 4.78 is 9.42. The molecule has 0 saturated carbocycles. The topological polar surface area (TPSA) is 91.0 Å². The van der Waals surface area contributed by atoms with Gasteiger partial charge in [-0.3, -0.25) is 0 Å². The van der Waals surface area contributed by atoms with Crippen molar-refractivity contribution in [3.05, 3.63) is 12.3 Å². The lowest BCUT2D eigenvalue weighted by Crippen LogP contribution is -1.81. The third-order valence-electron chi connectivity index (χ3n) is 1.10. The molecule has 2 aromatic rings. The molecule has 0 radical (unpaired) electrons. The zero-order chi connectivity index (χ0) is 7.68. The van der Waals surface area contributed by atoms with Crippen LogP contribution in [0.1, 0.15) is 0 Å². The molecule has 6 heteroatoms. The highest BCUT2D eigenvalue weighted by Crippen LogP contribution is 2.14. The number of nitrogens with zero attached hydrogens (tertiary/aromatic N) is 3. The second-order valence-electron chi connectivity index (χ2n) is 1.83. The van der Waals surface area contributed by atoms with Crippen molar-refractivity contribution in [2.24, 2.45) is 0 Å². The standard InChI is InChI=1S/C5H4N4O2/c6-5-8-7-4(11-5)3-1-2-10-9-3/h1-2H,(H2,6,8). The molecule has 11 heavy (non-hydrogen) atoms. The fourth-order valence-electron chi connectivity index (χ4n) is 0.661. The molecule has 2 heterocycles. The summed E-state index contributed by atoms with van der Waals surface area (Å²) in [6.45, 7) is 0. The molecule has 0 unspecified atom stereocenters. The van der Waals surface area contributed by atoms with Crippen LogP contribution in [0.2, 0.25) is 0 Å². The Hall–Kier alpha value is -1.85. The second kappa shape index (κ2) is 2.08. The predicted molar refractivity (Wildman–Crippen MR) is 34.2 cm³/mol. The third kappa shape index (κ3) is 0.936. The van der Waals surface area contributed by atoms with Gasteiger partial charge in [0, 0.05) is 6.07 Å². The Morgan fingerprint density at radius 2 is 2.27 bits per heavy atom. The zero-order valence-electron chi connectivity index (χ0n) is 5.39. The Labute approximate surface area is 61.0 Å². The Balaban J connectivity index is 2.45. The number of aromatic nitrogens is 3. The summed E-state index contributed by atoms with van der Waals surface area (Å²) in [5.41, 5.74) is 5.67. The molecule has 0 saturated heterocycles. The highest BCUT2D eigenvalue weighted by molar-refractivity contribution is 5.44. The van der Waals surface area contributed by atoms with E-state index in [9.17, 15) is 0 Å². The van der Waals surface area contributed by atoms with Crippen LogP contribution in [-0.4, -0.2) is 15.4 Å². The smallest absolute Gasteiger partial charge is 0.313 e. The monoisotopic (exact) mass is 152 g/mol. The lowest BCUT2D eigenvalue weighted by Gasteiger charge is -1.79. The molecule has 6 nitrogen and oxygen atoms in total. The summed E-state index contributed by atoms with van der Waals surface area (Å²) in [4.78, 5) is 0. The first-order chi connectivity index (χ1) is 5.36. The van der Waals surface area contributed by atoms with Crippen LogP contribution in [0.15, 0.2) is 21.3 Å². The molecule has 0 spiro atoms. The maximum atomic E-state index is 5.19. The normalized spacial score (nSPS) is 10.2. The summed E-state index contributed by atoms with van der Waals surface area (Å²) in [5.74, 6) is 0.260. The Morgan fingerprint density at radius 3 is 2.82 bits per heavy atom.